The number of nitrogens with zero attached hydrogens (tertiary/aromatic N) is 2. The molecule has 1 heterocycles. The molecule has 0 spiro atoms. The molecular formula is C9H14BrN3O2S. The number of halogens is 1. The van der Waals surface area contributed by atoms with Crippen molar-refractivity contribution < 1.29 is 8.95 Å². The van der Waals surface area contributed by atoms with Crippen LogP contribution in [0.4, 0.5) is 5.95 Å². The molecule has 0 saturated heterocycles. The van der Waals surface area contributed by atoms with E-state index >= 15 is 0 Å². The van der Waals surface area contributed by atoms with Crippen LogP contribution < -0.4 is 10.1 Å². The number of ether oxygens (including phenoxy) is 1. The highest BCUT2D eigenvalue weighted by atomic mass is 79.9. The number of hydrogen-bond donors (Lipinski definition) is 1. The van der Waals surface area contributed by atoms with Crippen molar-refractivity contribution in [3.05, 3.63) is 10.7 Å². The molecular weight excluding hydrogens is 294 g/mol. The summed E-state index contributed by atoms with van der Waals surface area (Å²) in [6.45, 7) is 2.49. The molecule has 0 saturated carbocycles. The number of rotatable bonds is 6. The molecule has 0 fully saturated rings. The number of hydrogen-bond acceptors (Lipinski definition) is 5. The Morgan fingerprint density at radius 2 is 2.38 bits per heavy atom. The summed E-state index contributed by atoms with van der Waals surface area (Å²) < 4.78 is 16.9. The highest BCUT2D eigenvalue weighted by Crippen LogP contribution is 2.21. The lowest BCUT2D eigenvalue weighted by Gasteiger charge is -2.06. The van der Waals surface area contributed by atoms with E-state index in [0.29, 0.717) is 34.4 Å². The third-order valence-corrected chi connectivity index (χ3v) is 3.69. The average molecular weight is 308 g/mol. The zero-order valence-corrected chi connectivity index (χ0v) is 11.6. The van der Waals surface area contributed by atoms with Gasteiger partial charge in [-0.25, -0.2) is 4.98 Å². The monoisotopic (exact) mass is 307 g/mol. The topological polar surface area (TPSA) is 64.1 Å². The second kappa shape index (κ2) is 6.80. The fourth-order valence-corrected chi connectivity index (χ4v) is 1.97. The van der Waals surface area contributed by atoms with E-state index in [9.17, 15) is 4.21 Å². The van der Waals surface area contributed by atoms with Gasteiger partial charge >= 0.3 is 0 Å². The molecule has 0 aliphatic heterocycles. The second-order valence-electron chi connectivity index (χ2n) is 2.91. The van der Waals surface area contributed by atoms with E-state index in [1.54, 1.807) is 13.3 Å². The Morgan fingerprint density at radius 3 is 3.00 bits per heavy atom. The molecule has 5 nitrogen and oxygen atoms in total. The van der Waals surface area contributed by atoms with E-state index in [4.69, 9.17) is 4.74 Å². The SMILES string of the molecule is CCS(=O)CCNc1ncc(Br)c(OC)n1. The summed E-state index contributed by atoms with van der Waals surface area (Å²) in [7, 11) is 0.774. The van der Waals surface area contributed by atoms with Crippen LogP contribution in [-0.4, -0.2) is 39.3 Å². The Kier molecular flexibility index (Phi) is 5.68. The highest BCUT2D eigenvalue weighted by molar-refractivity contribution is 9.10. The Hall–Kier alpha value is -0.690. The Bertz CT molecular complexity index is 376. The van der Waals surface area contributed by atoms with Gasteiger partial charge in [-0.3, -0.25) is 4.21 Å². The van der Waals surface area contributed by atoms with Crippen LogP contribution in [0, 0.1) is 0 Å². The predicted molar refractivity (Wildman–Crippen MR) is 68.3 cm³/mol. The van der Waals surface area contributed by atoms with E-state index in [2.05, 4.69) is 31.2 Å². The van der Waals surface area contributed by atoms with Gasteiger partial charge in [-0.2, -0.15) is 4.98 Å². The molecule has 0 radical (unpaired) electrons. The van der Waals surface area contributed by atoms with Crippen LogP contribution in [-0.2, 0) is 10.8 Å². The lowest BCUT2D eigenvalue weighted by molar-refractivity contribution is 0.394. The van der Waals surface area contributed by atoms with Crippen LogP contribution >= 0.6 is 15.9 Å². The standard InChI is InChI=1S/C9H14BrN3O2S/c1-3-16(14)5-4-11-9-12-6-7(10)8(13-9)15-2/h6H,3-5H2,1-2H3,(H,11,12,13). The molecule has 1 atom stereocenters. The van der Waals surface area contributed by atoms with E-state index in [1.165, 1.54) is 0 Å². The Morgan fingerprint density at radius 1 is 1.62 bits per heavy atom. The first kappa shape index (κ1) is 13.4. The molecule has 1 N–H and O–H groups in total. The average Bonchev–Trinajstić information content (AvgIpc) is 2.31. The third-order valence-electron chi connectivity index (χ3n) is 1.84. The lowest BCUT2D eigenvalue weighted by Crippen LogP contribution is -2.13. The van der Waals surface area contributed by atoms with Gasteiger partial charge in [-0.05, 0) is 15.9 Å². The molecule has 1 aromatic heterocycles. The van der Waals surface area contributed by atoms with Crippen molar-refractivity contribution in [2.24, 2.45) is 0 Å². The van der Waals surface area contributed by atoms with E-state index in [1.807, 2.05) is 6.92 Å². The van der Waals surface area contributed by atoms with Gasteiger partial charge in [0.05, 0.1) is 17.8 Å². The van der Waals surface area contributed by atoms with Gasteiger partial charge in [0.25, 0.3) is 0 Å². The first-order valence-electron chi connectivity index (χ1n) is 4.82. The van der Waals surface area contributed by atoms with Gasteiger partial charge in [0.15, 0.2) is 0 Å². The van der Waals surface area contributed by atoms with Crippen LogP contribution in [0.1, 0.15) is 6.92 Å². The summed E-state index contributed by atoms with van der Waals surface area (Å²) in [5.41, 5.74) is 0. The molecule has 90 valence electrons. The van der Waals surface area contributed by atoms with Crippen molar-refractivity contribution in [1.29, 1.82) is 0 Å². The number of aromatic nitrogens is 2. The molecule has 0 bridgehead atoms. The van der Waals surface area contributed by atoms with Gasteiger partial charge in [-0.1, -0.05) is 6.92 Å². The summed E-state index contributed by atoms with van der Waals surface area (Å²) in [6, 6.07) is 0. The Labute approximate surface area is 106 Å². The van der Waals surface area contributed by atoms with Gasteiger partial charge in [0, 0.05) is 28.9 Å². The quantitative estimate of drug-likeness (QED) is 0.861. The number of nitrogens with one attached hydrogen (secondary N) is 1. The molecule has 0 aliphatic rings. The normalized spacial score (nSPS) is 12.2. The minimum atomic E-state index is -0.771. The fraction of sp³-hybridized carbons (Fsp3) is 0.556. The van der Waals surface area contributed by atoms with Crippen molar-refractivity contribution in [3.8, 4) is 5.88 Å². The summed E-state index contributed by atoms with van der Waals surface area (Å²) in [5.74, 6) is 2.23. The molecule has 1 rings (SSSR count). The van der Waals surface area contributed by atoms with Crippen molar-refractivity contribution in [1.82, 2.24) is 9.97 Å². The number of anilines is 1. The molecule has 1 aromatic rings. The summed E-state index contributed by atoms with van der Waals surface area (Å²) in [5, 5.41) is 3.00. The van der Waals surface area contributed by atoms with Crippen LogP contribution in [0.25, 0.3) is 0 Å². The predicted octanol–water partition coefficient (Wildman–Crippen LogP) is 1.43. The lowest BCUT2D eigenvalue weighted by atomic mass is 10.6. The molecule has 16 heavy (non-hydrogen) atoms. The van der Waals surface area contributed by atoms with Crippen LogP contribution in [0.2, 0.25) is 0 Å². The minimum absolute atomic E-state index is 0.480. The van der Waals surface area contributed by atoms with Crippen molar-refractivity contribution >= 4 is 32.7 Å². The van der Waals surface area contributed by atoms with Crippen molar-refractivity contribution in [2.45, 2.75) is 6.92 Å². The van der Waals surface area contributed by atoms with E-state index in [-0.39, 0.29) is 0 Å². The molecule has 0 amide bonds. The number of methoxy groups -OCH3 is 1. The molecule has 1 unspecified atom stereocenters. The van der Waals surface area contributed by atoms with E-state index in [0.717, 1.165) is 0 Å². The third kappa shape index (κ3) is 4.05. The van der Waals surface area contributed by atoms with Crippen molar-refractivity contribution in [2.75, 3.05) is 30.5 Å². The van der Waals surface area contributed by atoms with Crippen LogP contribution in [0.3, 0.4) is 0 Å². The zero-order valence-electron chi connectivity index (χ0n) is 9.20. The maximum absolute atomic E-state index is 11.2. The van der Waals surface area contributed by atoms with Crippen molar-refractivity contribution in [3.63, 3.8) is 0 Å². The Balaban J connectivity index is 2.51. The van der Waals surface area contributed by atoms with Gasteiger partial charge in [0.2, 0.25) is 11.8 Å². The van der Waals surface area contributed by atoms with Crippen LogP contribution in [0.5, 0.6) is 5.88 Å². The van der Waals surface area contributed by atoms with Gasteiger partial charge in [-0.15, -0.1) is 0 Å². The first-order valence-corrected chi connectivity index (χ1v) is 7.10. The zero-order chi connectivity index (χ0) is 12.0. The van der Waals surface area contributed by atoms with Crippen LogP contribution in [0.15, 0.2) is 10.7 Å². The minimum Gasteiger partial charge on any atom is -0.480 e. The summed E-state index contributed by atoms with van der Waals surface area (Å²) in [6.07, 6.45) is 1.62. The first-order chi connectivity index (χ1) is 7.67. The molecule has 0 aliphatic carbocycles. The summed E-state index contributed by atoms with van der Waals surface area (Å²) >= 11 is 3.27. The smallest absolute Gasteiger partial charge is 0.232 e. The largest absolute Gasteiger partial charge is 0.480 e. The maximum atomic E-state index is 11.2. The van der Waals surface area contributed by atoms with Gasteiger partial charge in [0.1, 0.15) is 0 Å². The van der Waals surface area contributed by atoms with Gasteiger partial charge < -0.3 is 10.1 Å². The van der Waals surface area contributed by atoms with E-state index < -0.39 is 10.8 Å². The molecule has 0 aromatic carbocycles. The second-order valence-corrected chi connectivity index (χ2v) is 5.63. The fourth-order valence-electron chi connectivity index (χ4n) is 1.00. The molecule has 7 heteroatoms. The highest BCUT2D eigenvalue weighted by Gasteiger charge is 2.04. The summed E-state index contributed by atoms with van der Waals surface area (Å²) in [4.78, 5) is 8.18. The maximum Gasteiger partial charge on any atom is 0.232 e.